The van der Waals surface area contributed by atoms with Gasteiger partial charge >= 0.3 is 0 Å². The standard InChI is InChI=1S/C29H33F2N5O/c1-18(2)36-11-12-37-29-23(30)15-21(16-26(29)36)28-24(31)17-33-27(34-28)14-19-3-6-25(22(13-19)20-4-5-20)35-9-7-32-8-10-35/h3,6,13,15-18,20,32H,4-5,7-12,14H2,1-2H3. The largest absolute Gasteiger partial charge is 0.486 e. The first-order valence-electron chi connectivity index (χ1n) is 13.3. The van der Waals surface area contributed by atoms with Crippen LogP contribution in [0.1, 0.15) is 49.6 Å². The van der Waals surface area contributed by atoms with Crippen LogP contribution in [0.5, 0.6) is 5.75 Å². The van der Waals surface area contributed by atoms with Gasteiger partial charge in [0.05, 0.1) is 18.4 Å². The normalized spacial score (nSPS) is 17.6. The number of nitrogens with zero attached hydrogens (tertiary/aromatic N) is 4. The molecule has 2 aromatic carbocycles. The van der Waals surface area contributed by atoms with Gasteiger partial charge in [-0.25, -0.2) is 18.7 Å². The molecule has 0 radical (unpaired) electrons. The third-order valence-corrected chi connectivity index (χ3v) is 7.53. The zero-order chi connectivity index (χ0) is 25.5. The van der Waals surface area contributed by atoms with Gasteiger partial charge in [0.2, 0.25) is 0 Å². The molecule has 3 aromatic rings. The monoisotopic (exact) mass is 505 g/mol. The molecule has 1 saturated heterocycles. The third kappa shape index (κ3) is 4.87. The SMILES string of the molecule is CC(C)N1CCOc2c(F)cc(-c3nc(Cc4ccc(N5CCNCC5)c(C5CC5)c4)ncc3F)cc21. The molecule has 2 aliphatic heterocycles. The summed E-state index contributed by atoms with van der Waals surface area (Å²) in [7, 11) is 0. The summed E-state index contributed by atoms with van der Waals surface area (Å²) in [6.45, 7) is 9.20. The van der Waals surface area contributed by atoms with E-state index < -0.39 is 11.6 Å². The zero-order valence-electron chi connectivity index (χ0n) is 21.4. The van der Waals surface area contributed by atoms with Crippen molar-refractivity contribution >= 4 is 11.4 Å². The Morgan fingerprint density at radius 2 is 1.84 bits per heavy atom. The average molecular weight is 506 g/mol. The van der Waals surface area contributed by atoms with Crippen molar-refractivity contribution in [2.75, 3.05) is 49.1 Å². The number of hydrogen-bond donors (Lipinski definition) is 1. The van der Waals surface area contributed by atoms with Crippen molar-refractivity contribution in [2.45, 2.75) is 45.1 Å². The highest BCUT2D eigenvalue weighted by molar-refractivity contribution is 5.72. The van der Waals surface area contributed by atoms with Gasteiger partial charge in [0.15, 0.2) is 17.4 Å². The molecule has 0 amide bonds. The lowest BCUT2D eigenvalue weighted by Gasteiger charge is -2.34. The third-order valence-electron chi connectivity index (χ3n) is 7.53. The first-order chi connectivity index (χ1) is 18.0. The number of aromatic nitrogens is 2. The first kappa shape index (κ1) is 24.1. The molecule has 3 aliphatic rings. The molecule has 6 nitrogen and oxygen atoms in total. The van der Waals surface area contributed by atoms with E-state index in [-0.39, 0.29) is 17.5 Å². The summed E-state index contributed by atoms with van der Waals surface area (Å²) in [6.07, 6.45) is 4.13. The summed E-state index contributed by atoms with van der Waals surface area (Å²) >= 11 is 0. The molecule has 2 fully saturated rings. The van der Waals surface area contributed by atoms with Crippen LogP contribution in [0.2, 0.25) is 0 Å². The highest BCUT2D eigenvalue weighted by atomic mass is 19.1. The maximum atomic E-state index is 15.0. The quantitative estimate of drug-likeness (QED) is 0.514. The Kier molecular flexibility index (Phi) is 6.44. The second-order valence-electron chi connectivity index (χ2n) is 10.5. The minimum Gasteiger partial charge on any atom is -0.486 e. The Morgan fingerprint density at radius 1 is 1.03 bits per heavy atom. The fourth-order valence-corrected chi connectivity index (χ4v) is 5.48. The molecule has 194 valence electrons. The molecular weight excluding hydrogens is 472 g/mol. The van der Waals surface area contributed by atoms with E-state index in [9.17, 15) is 4.39 Å². The molecule has 0 unspecified atom stereocenters. The Morgan fingerprint density at radius 3 is 2.59 bits per heavy atom. The van der Waals surface area contributed by atoms with Crippen LogP contribution in [-0.2, 0) is 6.42 Å². The summed E-state index contributed by atoms with van der Waals surface area (Å²) in [5.74, 6) is 0.275. The number of rotatable bonds is 6. The van der Waals surface area contributed by atoms with Crippen molar-refractivity contribution in [1.29, 1.82) is 0 Å². The van der Waals surface area contributed by atoms with Crippen LogP contribution < -0.4 is 19.9 Å². The topological polar surface area (TPSA) is 53.5 Å². The van der Waals surface area contributed by atoms with Gasteiger partial charge < -0.3 is 19.9 Å². The first-order valence-corrected chi connectivity index (χ1v) is 13.3. The van der Waals surface area contributed by atoms with Crippen LogP contribution in [0.15, 0.2) is 36.5 Å². The predicted molar refractivity (Wildman–Crippen MR) is 142 cm³/mol. The number of halogens is 2. The fraction of sp³-hybridized carbons (Fsp3) is 0.448. The molecule has 6 rings (SSSR count). The van der Waals surface area contributed by atoms with Gasteiger partial charge in [-0.2, -0.15) is 0 Å². The van der Waals surface area contributed by atoms with Crippen LogP contribution >= 0.6 is 0 Å². The molecule has 3 heterocycles. The van der Waals surface area contributed by atoms with Gasteiger partial charge in [-0.05, 0) is 61.9 Å². The molecule has 8 heteroatoms. The lowest BCUT2D eigenvalue weighted by atomic mass is 10.0. The van der Waals surface area contributed by atoms with Crippen LogP contribution in [0.25, 0.3) is 11.3 Å². The maximum absolute atomic E-state index is 15.0. The minimum atomic E-state index is -0.566. The summed E-state index contributed by atoms with van der Waals surface area (Å²) in [5, 5.41) is 3.42. The van der Waals surface area contributed by atoms with Crippen molar-refractivity contribution in [3.05, 3.63) is 65.1 Å². The van der Waals surface area contributed by atoms with Gasteiger partial charge in [-0.1, -0.05) is 12.1 Å². The predicted octanol–water partition coefficient (Wildman–Crippen LogP) is 4.91. The molecule has 37 heavy (non-hydrogen) atoms. The van der Waals surface area contributed by atoms with Crippen LogP contribution in [-0.4, -0.2) is 55.3 Å². The summed E-state index contributed by atoms with van der Waals surface area (Å²) in [6, 6.07) is 9.88. The molecule has 1 N–H and O–H groups in total. The van der Waals surface area contributed by atoms with E-state index in [0.29, 0.717) is 42.6 Å². The van der Waals surface area contributed by atoms with Crippen molar-refractivity contribution < 1.29 is 13.5 Å². The second kappa shape index (κ2) is 9.89. The van der Waals surface area contributed by atoms with Crippen LogP contribution in [0.3, 0.4) is 0 Å². The Bertz CT molecular complexity index is 1300. The van der Waals surface area contributed by atoms with E-state index in [1.54, 1.807) is 6.07 Å². The Hall–Kier alpha value is -3.26. The van der Waals surface area contributed by atoms with E-state index >= 15 is 4.39 Å². The molecule has 1 aliphatic carbocycles. The maximum Gasteiger partial charge on any atom is 0.178 e. The lowest BCUT2D eigenvalue weighted by molar-refractivity contribution is 0.287. The van der Waals surface area contributed by atoms with Gasteiger partial charge in [-0.3, -0.25) is 0 Å². The lowest BCUT2D eigenvalue weighted by Crippen LogP contribution is -2.43. The van der Waals surface area contributed by atoms with Crippen LogP contribution in [0.4, 0.5) is 20.2 Å². The molecular formula is C29H33F2N5O. The molecule has 0 atom stereocenters. The Balaban J connectivity index is 1.31. The fourth-order valence-electron chi connectivity index (χ4n) is 5.48. The average Bonchev–Trinajstić information content (AvgIpc) is 3.75. The van der Waals surface area contributed by atoms with Gasteiger partial charge in [0.25, 0.3) is 0 Å². The van der Waals surface area contributed by atoms with Crippen molar-refractivity contribution in [1.82, 2.24) is 15.3 Å². The summed E-state index contributed by atoms with van der Waals surface area (Å²) in [4.78, 5) is 13.4. The number of benzene rings is 2. The van der Waals surface area contributed by atoms with Gasteiger partial charge in [0, 0.05) is 49.9 Å². The number of hydrogen-bond acceptors (Lipinski definition) is 6. The molecule has 0 spiro atoms. The number of nitrogens with one attached hydrogen (secondary N) is 1. The van der Waals surface area contributed by atoms with E-state index in [0.717, 1.165) is 31.7 Å². The highest BCUT2D eigenvalue weighted by Crippen LogP contribution is 2.45. The van der Waals surface area contributed by atoms with Crippen LogP contribution in [0, 0.1) is 11.6 Å². The minimum absolute atomic E-state index is 0.112. The van der Waals surface area contributed by atoms with E-state index in [1.807, 2.05) is 13.8 Å². The highest BCUT2D eigenvalue weighted by Gasteiger charge is 2.29. The second-order valence-corrected chi connectivity index (χ2v) is 10.5. The number of fused-ring (bicyclic) bond motifs is 1. The number of piperazine rings is 1. The van der Waals surface area contributed by atoms with Crippen molar-refractivity contribution in [3.8, 4) is 17.0 Å². The van der Waals surface area contributed by atoms with Gasteiger partial charge in [0.1, 0.15) is 18.1 Å². The summed E-state index contributed by atoms with van der Waals surface area (Å²) in [5.41, 5.74) is 4.96. The molecule has 0 bridgehead atoms. The Labute approximate surface area is 216 Å². The summed E-state index contributed by atoms with van der Waals surface area (Å²) < 4.78 is 35.6. The van der Waals surface area contributed by atoms with E-state index in [1.165, 1.54) is 36.4 Å². The van der Waals surface area contributed by atoms with E-state index in [4.69, 9.17) is 4.74 Å². The molecule has 1 saturated carbocycles. The number of ether oxygens (including phenoxy) is 1. The molecule has 1 aromatic heterocycles. The van der Waals surface area contributed by atoms with Gasteiger partial charge in [-0.15, -0.1) is 0 Å². The van der Waals surface area contributed by atoms with Crippen molar-refractivity contribution in [2.24, 2.45) is 0 Å². The number of anilines is 2. The van der Waals surface area contributed by atoms with Crippen molar-refractivity contribution in [3.63, 3.8) is 0 Å². The van der Waals surface area contributed by atoms with E-state index in [2.05, 4.69) is 43.3 Å². The smallest absolute Gasteiger partial charge is 0.178 e. The zero-order valence-corrected chi connectivity index (χ0v) is 21.4.